The molecule has 7 heteroatoms. The Kier molecular flexibility index (Phi) is 6.47. The van der Waals surface area contributed by atoms with Gasteiger partial charge in [-0.3, -0.25) is 14.6 Å². The molecule has 6 nitrogen and oxygen atoms in total. The van der Waals surface area contributed by atoms with Gasteiger partial charge in [0.15, 0.2) is 0 Å². The lowest BCUT2D eigenvalue weighted by molar-refractivity contribution is 0.201. The second kappa shape index (κ2) is 9.21. The molecule has 0 saturated carbocycles. The minimum Gasteiger partial charge on any atom is -0.465 e. The first-order valence-electron chi connectivity index (χ1n) is 9.54. The third-order valence-electron chi connectivity index (χ3n) is 4.71. The topological polar surface area (TPSA) is 70.4 Å². The number of anilines is 1. The average molecular weight is 384 g/mol. The largest absolute Gasteiger partial charge is 0.465 e. The summed E-state index contributed by atoms with van der Waals surface area (Å²) in [6.07, 6.45) is 7.00. The zero-order valence-corrected chi connectivity index (χ0v) is 15.9. The number of benzene rings is 1. The van der Waals surface area contributed by atoms with Gasteiger partial charge in [0.1, 0.15) is 5.82 Å². The second-order valence-corrected chi connectivity index (χ2v) is 6.70. The highest BCUT2D eigenvalue weighted by Crippen LogP contribution is 2.23. The Labute approximate surface area is 163 Å². The molecule has 2 heterocycles. The molecule has 3 rings (SSSR count). The molecule has 2 aromatic heterocycles. The van der Waals surface area contributed by atoms with Crippen LogP contribution in [0.1, 0.15) is 31.7 Å². The van der Waals surface area contributed by atoms with Crippen molar-refractivity contribution in [2.75, 3.05) is 23.4 Å². The number of hydrogen-bond acceptors (Lipinski definition) is 3. The quantitative estimate of drug-likeness (QED) is 0.528. The number of carbonyl (C=O) groups is 1. The van der Waals surface area contributed by atoms with Crippen LogP contribution in [0.2, 0.25) is 0 Å². The van der Waals surface area contributed by atoms with Gasteiger partial charge in [-0.05, 0) is 55.2 Å². The number of nitrogens with zero attached hydrogens (tertiary/aromatic N) is 3. The maximum absolute atomic E-state index is 13.6. The van der Waals surface area contributed by atoms with Crippen LogP contribution in [0.3, 0.4) is 0 Å². The molecule has 0 aliphatic rings. The van der Waals surface area contributed by atoms with Gasteiger partial charge in [-0.25, -0.2) is 9.18 Å². The van der Waals surface area contributed by atoms with Crippen molar-refractivity contribution < 1.29 is 14.3 Å². The van der Waals surface area contributed by atoms with Gasteiger partial charge >= 0.3 is 6.09 Å². The van der Waals surface area contributed by atoms with E-state index in [9.17, 15) is 14.3 Å². The Morgan fingerprint density at radius 3 is 2.89 bits per heavy atom. The van der Waals surface area contributed by atoms with Crippen LogP contribution in [0.4, 0.5) is 14.9 Å². The fraction of sp³-hybridized carbons (Fsp3) is 0.333. The molecule has 0 atom stereocenters. The normalized spacial score (nSPS) is 10.9. The van der Waals surface area contributed by atoms with E-state index in [-0.39, 0.29) is 5.82 Å². The summed E-state index contributed by atoms with van der Waals surface area (Å²) in [5.41, 5.74) is 5.63. The van der Waals surface area contributed by atoms with Gasteiger partial charge in [0.05, 0.1) is 11.7 Å². The van der Waals surface area contributed by atoms with Crippen molar-refractivity contribution in [1.29, 1.82) is 0 Å². The number of pyridine rings is 1. The van der Waals surface area contributed by atoms with Crippen molar-refractivity contribution in [3.8, 4) is 0 Å². The maximum atomic E-state index is 13.6. The van der Waals surface area contributed by atoms with E-state index in [0.717, 1.165) is 30.2 Å². The third-order valence-corrected chi connectivity index (χ3v) is 4.71. The summed E-state index contributed by atoms with van der Waals surface area (Å²) in [7, 11) is 0. The number of aromatic nitrogens is 2. The van der Waals surface area contributed by atoms with E-state index in [1.807, 2.05) is 42.1 Å². The molecule has 0 aliphatic heterocycles. The summed E-state index contributed by atoms with van der Waals surface area (Å²) >= 11 is 0. The number of nitrogens with one attached hydrogen (secondary N) is 1. The fourth-order valence-electron chi connectivity index (χ4n) is 3.17. The van der Waals surface area contributed by atoms with Gasteiger partial charge in [0, 0.05) is 36.6 Å². The zero-order valence-electron chi connectivity index (χ0n) is 15.9. The predicted molar refractivity (Wildman–Crippen MR) is 109 cm³/mol. The Morgan fingerprint density at radius 2 is 2.14 bits per heavy atom. The van der Waals surface area contributed by atoms with E-state index in [4.69, 9.17) is 0 Å². The van der Waals surface area contributed by atoms with E-state index < -0.39 is 6.09 Å². The maximum Gasteiger partial charge on any atom is 0.411 e. The first-order chi connectivity index (χ1) is 13.6. The molecule has 28 heavy (non-hydrogen) atoms. The van der Waals surface area contributed by atoms with Crippen LogP contribution in [-0.2, 0) is 6.42 Å². The summed E-state index contributed by atoms with van der Waals surface area (Å²) in [5, 5.41) is 10.4. The molecule has 0 saturated heterocycles. The molecular weight excluding hydrogens is 359 g/mol. The van der Waals surface area contributed by atoms with Gasteiger partial charge in [0.2, 0.25) is 0 Å². The van der Waals surface area contributed by atoms with Crippen molar-refractivity contribution in [2.24, 2.45) is 0 Å². The summed E-state index contributed by atoms with van der Waals surface area (Å²) in [5.74, 6) is -0.271. The van der Waals surface area contributed by atoms with Crippen LogP contribution >= 0.6 is 0 Å². The van der Waals surface area contributed by atoms with Crippen molar-refractivity contribution in [2.45, 2.75) is 32.6 Å². The molecule has 0 bridgehead atoms. The lowest BCUT2D eigenvalue weighted by atomic mass is 10.1. The molecule has 0 spiro atoms. The first kappa shape index (κ1) is 19.7. The summed E-state index contributed by atoms with van der Waals surface area (Å²) in [4.78, 5) is 16.7. The predicted octanol–water partition coefficient (Wildman–Crippen LogP) is 4.64. The molecule has 1 amide bonds. The van der Waals surface area contributed by atoms with Crippen LogP contribution in [0.5, 0.6) is 0 Å². The molecule has 0 aliphatic carbocycles. The summed E-state index contributed by atoms with van der Waals surface area (Å²) < 4.78 is 15.5. The number of unbranched alkanes of at least 4 members (excludes halogenated alkanes) is 1. The number of halogens is 1. The zero-order chi connectivity index (χ0) is 19.9. The van der Waals surface area contributed by atoms with Crippen molar-refractivity contribution >= 4 is 22.7 Å². The van der Waals surface area contributed by atoms with Crippen molar-refractivity contribution in [1.82, 2.24) is 9.66 Å². The summed E-state index contributed by atoms with van der Waals surface area (Å²) in [6.45, 7) is 3.21. The Morgan fingerprint density at radius 1 is 1.29 bits per heavy atom. The van der Waals surface area contributed by atoms with Crippen LogP contribution in [0, 0.1) is 5.82 Å². The highest BCUT2D eigenvalue weighted by molar-refractivity contribution is 5.91. The number of amides is 1. The molecule has 1 aromatic carbocycles. The monoisotopic (exact) mass is 384 g/mol. The number of carboxylic acid groups (broad SMARTS) is 1. The highest BCUT2D eigenvalue weighted by atomic mass is 19.1. The minimum atomic E-state index is -0.936. The van der Waals surface area contributed by atoms with Gasteiger partial charge in [-0.2, -0.15) is 0 Å². The molecule has 148 valence electrons. The lowest BCUT2D eigenvalue weighted by Crippen LogP contribution is -2.30. The molecule has 3 aromatic rings. The van der Waals surface area contributed by atoms with Crippen LogP contribution < -0.4 is 10.3 Å². The number of hydrogen-bond donors (Lipinski definition) is 2. The lowest BCUT2D eigenvalue weighted by Gasteiger charge is -2.19. The molecular formula is C21H25FN4O2. The van der Waals surface area contributed by atoms with E-state index in [1.54, 1.807) is 12.3 Å². The van der Waals surface area contributed by atoms with Crippen LogP contribution in [-0.4, -0.2) is 33.9 Å². The van der Waals surface area contributed by atoms with Gasteiger partial charge in [-0.15, -0.1) is 0 Å². The molecule has 2 N–H and O–H groups in total. The number of rotatable bonds is 9. The standard InChI is InChI=1S/C21H25FN4O2/c1-2-3-12-25(21(27)28)18-6-7-20-17(14-18)9-13-26(20)24-10-4-5-16-8-11-23-15-19(16)22/h6-9,11,13-15,24H,2-5,10,12H2,1H3,(H,27,28). The Bertz CT molecular complexity index is 941. The Balaban J connectivity index is 1.63. The minimum absolute atomic E-state index is 0.271. The van der Waals surface area contributed by atoms with E-state index in [1.165, 1.54) is 11.1 Å². The van der Waals surface area contributed by atoms with Crippen LogP contribution in [0.25, 0.3) is 10.9 Å². The second-order valence-electron chi connectivity index (χ2n) is 6.70. The smallest absolute Gasteiger partial charge is 0.411 e. The van der Waals surface area contributed by atoms with Crippen LogP contribution in [0.15, 0.2) is 48.9 Å². The van der Waals surface area contributed by atoms with Gasteiger partial charge in [0.25, 0.3) is 0 Å². The number of aryl methyl sites for hydroxylation is 1. The van der Waals surface area contributed by atoms with E-state index in [2.05, 4.69) is 10.4 Å². The molecule has 0 radical (unpaired) electrons. The fourth-order valence-corrected chi connectivity index (χ4v) is 3.17. The van der Waals surface area contributed by atoms with E-state index >= 15 is 0 Å². The van der Waals surface area contributed by atoms with Crippen molar-refractivity contribution in [3.05, 3.63) is 60.3 Å². The molecule has 0 unspecified atom stereocenters. The number of fused-ring (bicyclic) bond motifs is 1. The molecule has 0 fully saturated rings. The third kappa shape index (κ3) is 4.60. The first-order valence-corrected chi connectivity index (χ1v) is 9.54. The van der Waals surface area contributed by atoms with Crippen molar-refractivity contribution in [3.63, 3.8) is 0 Å². The Hall–Kier alpha value is -3.09. The highest BCUT2D eigenvalue weighted by Gasteiger charge is 2.14. The summed E-state index contributed by atoms with van der Waals surface area (Å²) in [6, 6.07) is 9.30. The average Bonchev–Trinajstić information content (AvgIpc) is 3.09. The van der Waals surface area contributed by atoms with Gasteiger partial charge < -0.3 is 10.5 Å². The van der Waals surface area contributed by atoms with E-state index in [0.29, 0.717) is 30.8 Å². The van der Waals surface area contributed by atoms with Gasteiger partial charge in [-0.1, -0.05) is 13.3 Å². The SMILES string of the molecule is CCCCN(C(=O)O)c1ccc2c(ccn2NCCCc2ccncc2F)c1.